The van der Waals surface area contributed by atoms with Gasteiger partial charge in [0.15, 0.2) is 5.75 Å². The van der Waals surface area contributed by atoms with E-state index >= 15 is 0 Å². The van der Waals surface area contributed by atoms with Crippen LogP contribution >= 0.6 is 0 Å². The van der Waals surface area contributed by atoms with Crippen LogP contribution in [0.4, 0.5) is 11.4 Å². The number of aromatic nitrogens is 1. The minimum absolute atomic E-state index is 0.0130. The number of carbonyl (C=O) groups is 1. The molecule has 142 valence electrons. The average Bonchev–Trinajstić information content (AvgIpc) is 2.76. The van der Waals surface area contributed by atoms with Crippen LogP contribution in [0.25, 0.3) is 0 Å². The van der Waals surface area contributed by atoms with Gasteiger partial charge in [0, 0.05) is 13.1 Å². The van der Waals surface area contributed by atoms with E-state index in [1.165, 1.54) is 6.42 Å². The van der Waals surface area contributed by atoms with Crippen LogP contribution in [-0.4, -0.2) is 28.9 Å². The van der Waals surface area contributed by atoms with Crippen molar-refractivity contribution in [1.29, 1.82) is 0 Å². The second kappa shape index (κ2) is 8.57. The zero-order valence-corrected chi connectivity index (χ0v) is 15.7. The predicted molar refractivity (Wildman–Crippen MR) is 110 cm³/mol. The fraction of sp³-hybridized carbons (Fsp3) is 0.217. The number of piperidine rings is 1. The number of nitrogens with one attached hydrogen (secondary N) is 1. The van der Waals surface area contributed by atoms with Gasteiger partial charge in [0.25, 0.3) is 5.91 Å². The van der Waals surface area contributed by atoms with Gasteiger partial charge in [-0.05, 0) is 55.7 Å². The lowest BCUT2D eigenvalue weighted by molar-refractivity contribution is 0.0718. The van der Waals surface area contributed by atoms with E-state index in [-0.39, 0.29) is 5.91 Å². The van der Waals surface area contributed by atoms with Crippen molar-refractivity contribution in [3.8, 4) is 11.5 Å². The van der Waals surface area contributed by atoms with E-state index in [1.54, 1.807) is 12.3 Å². The first-order chi connectivity index (χ1) is 13.8. The Hall–Kier alpha value is -3.34. The number of pyridine rings is 1. The predicted octanol–water partition coefficient (Wildman–Crippen LogP) is 5.24. The number of hydrogen-bond donors (Lipinski definition) is 1. The normalized spacial score (nSPS) is 13.8. The summed E-state index contributed by atoms with van der Waals surface area (Å²) in [5.41, 5.74) is 2.13. The van der Waals surface area contributed by atoms with E-state index in [2.05, 4.69) is 10.3 Å². The number of amides is 1. The van der Waals surface area contributed by atoms with Crippen molar-refractivity contribution < 1.29 is 9.53 Å². The number of rotatable bonds is 5. The van der Waals surface area contributed by atoms with Crippen molar-refractivity contribution in [3.63, 3.8) is 0 Å². The number of carbonyl (C=O) groups excluding carboxylic acids is 1. The van der Waals surface area contributed by atoms with Crippen LogP contribution in [0.15, 0.2) is 72.9 Å². The first-order valence-electron chi connectivity index (χ1n) is 9.64. The van der Waals surface area contributed by atoms with Gasteiger partial charge >= 0.3 is 0 Å². The molecule has 0 aliphatic carbocycles. The van der Waals surface area contributed by atoms with E-state index in [4.69, 9.17) is 4.74 Å². The monoisotopic (exact) mass is 373 g/mol. The van der Waals surface area contributed by atoms with Gasteiger partial charge in [0.2, 0.25) is 0 Å². The Balaban J connectivity index is 1.47. The SMILES string of the molecule is O=C(c1ccc(Nc2ccccc2Oc2ccccc2)cn1)N1CCCCC1. The maximum atomic E-state index is 12.5. The van der Waals surface area contributed by atoms with Crippen LogP contribution in [-0.2, 0) is 0 Å². The molecule has 5 nitrogen and oxygen atoms in total. The third-order valence-corrected chi connectivity index (χ3v) is 4.76. The molecule has 1 saturated heterocycles. The second-order valence-electron chi connectivity index (χ2n) is 6.82. The molecule has 1 amide bonds. The summed E-state index contributed by atoms with van der Waals surface area (Å²) < 4.78 is 5.98. The Bertz CT molecular complexity index is 920. The van der Waals surface area contributed by atoms with Crippen molar-refractivity contribution in [2.24, 2.45) is 0 Å². The zero-order chi connectivity index (χ0) is 19.2. The number of ether oxygens (including phenoxy) is 1. The highest BCUT2D eigenvalue weighted by atomic mass is 16.5. The molecule has 3 aromatic rings. The molecule has 2 heterocycles. The van der Waals surface area contributed by atoms with E-state index < -0.39 is 0 Å². The van der Waals surface area contributed by atoms with Gasteiger partial charge in [0.05, 0.1) is 17.6 Å². The maximum Gasteiger partial charge on any atom is 0.272 e. The lowest BCUT2D eigenvalue weighted by Crippen LogP contribution is -2.36. The molecule has 0 unspecified atom stereocenters. The number of para-hydroxylation sites is 3. The molecule has 0 spiro atoms. The Morgan fingerprint density at radius 1 is 0.893 bits per heavy atom. The first-order valence-corrected chi connectivity index (χ1v) is 9.64. The number of anilines is 2. The van der Waals surface area contributed by atoms with Gasteiger partial charge in [-0.3, -0.25) is 4.79 Å². The van der Waals surface area contributed by atoms with Crippen molar-refractivity contribution in [3.05, 3.63) is 78.6 Å². The van der Waals surface area contributed by atoms with Crippen molar-refractivity contribution >= 4 is 17.3 Å². The molecule has 2 aromatic carbocycles. The molecule has 28 heavy (non-hydrogen) atoms. The summed E-state index contributed by atoms with van der Waals surface area (Å²) in [5, 5.41) is 3.33. The molecule has 1 fully saturated rings. The second-order valence-corrected chi connectivity index (χ2v) is 6.82. The maximum absolute atomic E-state index is 12.5. The number of benzene rings is 2. The number of hydrogen-bond acceptors (Lipinski definition) is 4. The average molecular weight is 373 g/mol. The Morgan fingerprint density at radius 3 is 2.39 bits per heavy atom. The molecule has 4 rings (SSSR count). The lowest BCUT2D eigenvalue weighted by Gasteiger charge is -2.26. The fourth-order valence-corrected chi connectivity index (χ4v) is 3.28. The molecule has 0 saturated carbocycles. The van der Waals surface area contributed by atoms with Crippen LogP contribution in [0.2, 0.25) is 0 Å². The fourth-order valence-electron chi connectivity index (χ4n) is 3.28. The molecule has 1 aliphatic rings. The molecule has 1 aliphatic heterocycles. The van der Waals surface area contributed by atoms with Gasteiger partial charge in [0.1, 0.15) is 11.4 Å². The summed E-state index contributed by atoms with van der Waals surface area (Å²) in [6.07, 6.45) is 5.04. The summed E-state index contributed by atoms with van der Waals surface area (Å²) in [6.45, 7) is 1.65. The molecule has 5 heteroatoms. The third kappa shape index (κ3) is 4.31. The Kier molecular flexibility index (Phi) is 5.52. The van der Waals surface area contributed by atoms with Crippen LogP contribution in [0.5, 0.6) is 11.5 Å². The van der Waals surface area contributed by atoms with Crippen molar-refractivity contribution in [2.75, 3.05) is 18.4 Å². The molecular weight excluding hydrogens is 350 g/mol. The van der Waals surface area contributed by atoms with Crippen molar-refractivity contribution in [1.82, 2.24) is 9.88 Å². The summed E-state index contributed by atoms with van der Waals surface area (Å²) in [5.74, 6) is 1.51. The lowest BCUT2D eigenvalue weighted by atomic mass is 10.1. The Morgan fingerprint density at radius 2 is 1.64 bits per heavy atom. The highest BCUT2D eigenvalue weighted by Crippen LogP contribution is 2.31. The Labute approximate surface area is 165 Å². The van der Waals surface area contributed by atoms with E-state index in [0.717, 1.165) is 48.8 Å². The van der Waals surface area contributed by atoms with Crippen LogP contribution < -0.4 is 10.1 Å². The summed E-state index contributed by atoms with van der Waals surface area (Å²) >= 11 is 0. The summed E-state index contributed by atoms with van der Waals surface area (Å²) in [7, 11) is 0. The molecule has 0 bridgehead atoms. The largest absolute Gasteiger partial charge is 0.455 e. The minimum atomic E-state index is 0.0130. The summed E-state index contributed by atoms with van der Waals surface area (Å²) in [4.78, 5) is 18.8. The van der Waals surface area contributed by atoms with E-state index in [0.29, 0.717) is 5.69 Å². The number of nitrogens with zero attached hydrogens (tertiary/aromatic N) is 2. The first kappa shape index (κ1) is 18.0. The topological polar surface area (TPSA) is 54.5 Å². The standard InChI is InChI=1S/C23H23N3O2/c27-23(26-15-7-2-8-16-26)21-14-13-18(17-24-21)25-20-11-5-6-12-22(20)28-19-9-3-1-4-10-19/h1,3-6,9-14,17,25H,2,7-8,15-16H2. The summed E-state index contributed by atoms with van der Waals surface area (Å²) in [6, 6.07) is 21.1. The molecule has 0 atom stereocenters. The number of likely N-dealkylation sites (tertiary alicyclic amines) is 1. The molecular formula is C23H23N3O2. The van der Waals surface area contributed by atoms with Gasteiger partial charge in [-0.2, -0.15) is 0 Å². The highest BCUT2D eigenvalue weighted by molar-refractivity contribution is 5.92. The van der Waals surface area contributed by atoms with Crippen LogP contribution in [0, 0.1) is 0 Å². The molecule has 1 N–H and O–H groups in total. The van der Waals surface area contributed by atoms with E-state index in [1.807, 2.05) is 65.6 Å². The van der Waals surface area contributed by atoms with Crippen LogP contribution in [0.3, 0.4) is 0 Å². The molecule has 1 aromatic heterocycles. The van der Waals surface area contributed by atoms with Gasteiger partial charge in [-0.1, -0.05) is 30.3 Å². The smallest absolute Gasteiger partial charge is 0.272 e. The van der Waals surface area contributed by atoms with E-state index in [9.17, 15) is 4.79 Å². The van der Waals surface area contributed by atoms with Gasteiger partial charge < -0.3 is 15.0 Å². The quantitative estimate of drug-likeness (QED) is 0.664. The van der Waals surface area contributed by atoms with Gasteiger partial charge in [-0.15, -0.1) is 0 Å². The van der Waals surface area contributed by atoms with Crippen molar-refractivity contribution in [2.45, 2.75) is 19.3 Å². The highest BCUT2D eigenvalue weighted by Gasteiger charge is 2.19. The minimum Gasteiger partial charge on any atom is -0.455 e. The van der Waals surface area contributed by atoms with Gasteiger partial charge in [-0.25, -0.2) is 4.98 Å². The third-order valence-electron chi connectivity index (χ3n) is 4.76. The zero-order valence-electron chi connectivity index (χ0n) is 15.7. The molecule has 0 radical (unpaired) electrons. The van der Waals surface area contributed by atoms with Crippen LogP contribution in [0.1, 0.15) is 29.8 Å².